The highest BCUT2D eigenvalue weighted by Crippen LogP contribution is 2.25. The highest BCUT2D eigenvalue weighted by atomic mass is 16.1. The average molecular weight is 239 g/mol. The summed E-state index contributed by atoms with van der Waals surface area (Å²) in [5, 5.41) is 6.94. The normalized spacial score (nSPS) is 10.4. The van der Waals surface area contributed by atoms with Gasteiger partial charge in [0.2, 0.25) is 5.91 Å². The Balaban J connectivity index is 2.78. The van der Waals surface area contributed by atoms with Gasteiger partial charge in [0, 0.05) is 34.1 Å². The van der Waals surface area contributed by atoms with Crippen LogP contribution in [0.3, 0.4) is 0 Å². The number of hydrogen-bond donors (Lipinski definition) is 2. The first-order valence-electron chi connectivity index (χ1n) is 5.74. The Bertz CT molecular complexity index is 399. The molecular formula is C11H21N5O. The van der Waals surface area contributed by atoms with Crippen molar-refractivity contribution >= 4 is 17.4 Å². The van der Waals surface area contributed by atoms with Gasteiger partial charge >= 0.3 is 0 Å². The van der Waals surface area contributed by atoms with Gasteiger partial charge in [-0.3, -0.25) is 9.48 Å². The number of carbonyl (C=O) groups excluding carboxylic acids is 1. The van der Waals surface area contributed by atoms with Gasteiger partial charge in [-0.05, 0) is 6.42 Å². The standard InChI is InChI=1S/C11H21N5O/c1-5-8-10(12)11(16(4)14-8)15(3)7-6-9(17)13-2/h5-7,12H2,1-4H3,(H,13,17). The van der Waals surface area contributed by atoms with Gasteiger partial charge in [0.25, 0.3) is 0 Å². The van der Waals surface area contributed by atoms with Crippen LogP contribution in [0.15, 0.2) is 0 Å². The molecule has 0 spiro atoms. The quantitative estimate of drug-likeness (QED) is 0.766. The lowest BCUT2D eigenvalue weighted by molar-refractivity contribution is -0.120. The fraction of sp³-hybridized carbons (Fsp3) is 0.636. The molecule has 1 aromatic heterocycles. The van der Waals surface area contributed by atoms with Crippen molar-refractivity contribution in [1.29, 1.82) is 0 Å². The molecule has 0 aliphatic rings. The molecule has 0 fully saturated rings. The summed E-state index contributed by atoms with van der Waals surface area (Å²) in [7, 11) is 5.41. The van der Waals surface area contributed by atoms with Crippen molar-refractivity contribution in [2.75, 3.05) is 31.3 Å². The van der Waals surface area contributed by atoms with E-state index in [0.717, 1.165) is 17.9 Å². The largest absolute Gasteiger partial charge is 0.394 e. The number of nitrogens with one attached hydrogen (secondary N) is 1. The predicted molar refractivity (Wildman–Crippen MR) is 69.0 cm³/mol. The zero-order valence-electron chi connectivity index (χ0n) is 10.9. The molecule has 0 aromatic carbocycles. The van der Waals surface area contributed by atoms with Crippen LogP contribution in [-0.4, -0.2) is 36.3 Å². The SMILES string of the molecule is CCc1nn(C)c(N(C)CCC(=O)NC)c1N. The van der Waals surface area contributed by atoms with Crippen molar-refractivity contribution in [3.05, 3.63) is 5.69 Å². The van der Waals surface area contributed by atoms with Crippen LogP contribution in [0.2, 0.25) is 0 Å². The van der Waals surface area contributed by atoms with Gasteiger partial charge in [-0.1, -0.05) is 6.92 Å². The van der Waals surface area contributed by atoms with Crippen molar-refractivity contribution in [3.63, 3.8) is 0 Å². The lowest BCUT2D eigenvalue weighted by Crippen LogP contribution is -2.28. The molecule has 6 nitrogen and oxygen atoms in total. The van der Waals surface area contributed by atoms with Crippen LogP contribution in [0.25, 0.3) is 0 Å². The molecule has 96 valence electrons. The monoisotopic (exact) mass is 239 g/mol. The second-order valence-corrected chi connectivity index (χ2v) is 4.01. The Kier molecular flexibility index (Phi) is 4.37. The van der Waals surface area contributed by atoms with Crippen LogP contribution in [0.4, 0.5) is 11.5 Å². The molecular weight excluding hydrogens is 218 g/mol. The molecule has 0 radical (unpaired) electrons. The minimum atomic E-state index is 0.0216. The Hall–Kier alpha value is -1.72. The number of carbonyl (C=O) groups is 1. The fourth-order valence-corrected chi connectivity index (χ4v) is 1.80. The minimum absolute atomic E-state index is 0.0216. The molecule has 0 saturated carbocycles. The summed E-state index contributed by atoms with van der Waals surface area (Å²) in [5.41, 5.74) is 7.63. The number of amides is 1. The number of hydrogen-bond acceptors (Lipinski definition) is 4. The van der Waals surface area contributed by atoms with Gasteiger partial charge in [-0.25, -0.2) is 0 Å². The molecule has 0 aliphatic carbocycles. The summed E-state index contributed by atoms with van der Waals surface area (Å²) in [6, 6.07) is 0. The van der Waals surface area contributed by atoms with Crippen molar-refractivity contribution < 1.29 is 4.79 Å². The van der Waals surface area contributed by atoms with E-state index in [1.54, 1.807) is 11.7 Å². The molecule has 3 N–H and O–H groups in total. The van der Waals surface area contributed by atoms with E-state index in [0.29, 0.717) is 18.7 Å². The van der Waals surface area contributed by atoms with Crippen molar-refractivity contribution in [2.45, 2.75) is 19.8 Å². The zero-order chi connectivity index (χ0) is 13.0. The van der Waals surface area contributed by atoms with Crippen LogP contribution in [-0.2, 0) is 18.3 Å². The number of nitrogen functional groups attached to an aromatic ring is 1. The number of nitrogens with two attached hydrogens (primary N) is 1. The number of nitrogens with zero attached hydrogens (tertiary/aromatic N) is 3. The molecule has 6 heteroatoms. The predicted octanol–water partition coefficient (Wildman–Crippen LogP) is 0.137. The first-order chi connectivity index (χ1) is 8.01. The summed E-state index contributed by atoms with van der Waals surface area (Å²) in [6.07, 6.45) is 1.25. The van der Waals surface area contributed by atoms with Gasteiger partial charge in [-0.15, -0.1) is 0 Å². The Morgan fingerprint density at radius 1 is 1.59 bits per heavy atom. The maximum absolute atomic E-state index is 11.2. The molecule has 1 amide bonds. The maximum Gasteiger partial charge on any atom is 0.221 e. The van der Waals surface area contributed by atoms with Crippen molar-refractivity contribution in [3.8, 4) is 0 Å². The second-order valence-electron chi connectivity index (χ2n) is 4.01. The number of rotatable bonds is 5. The third-order valence-electron chi connectivity index (χ3n) is 2.78. The van der Waals surface area contributed by atoms with E-state index in [1.807, 2.05) is 25.9 Å². The molecule has 0 aliphatic heterocycles. The molecule has 17 heavy (non-hydrogen) atoms. The van der Waals surface area contributed by atoms with Gasteiger partial charge in [0.05, 0.1) is 11.4 Å². The Morgan fingerprint density at radius 2 is 2.24 bits per heavy atom. The number of anilines is 2. The summed E-state index contributed by atoms with van der Waals surface area (Å²) in [6.45, 7) is 2.64. The highest BCUT2D eigenvalue weighted by molar-refractivity contribution is 5.76. The summed E-state index contributed by atoms with van der Waals surface area (Å²) in [5.74, 6) is 0.888. The van der Waals surface area contributed by atoms with Gasteiger partial charge in [0.15, 0.2) is 0 Å². The van der Waals surface area contributed by atoms with Gasteiger partial charge in [-0.2, -0.15) is 5.10 Å². The van der Waals surface area contributed by atoms with Crippen LogP contribution in [0.5, 0.6) is 0 Å². The molecule has 1 rings (SSSR count). The van der Waals surface area contributed by atoms with Crippen molar-refractivity contribution in [2.24, 2.45) is 7.05 Å². The first kappa shape index (κ1) is 13.3. The average Bonchev–Trinajstić information content (AvgIpc) is 2.60. The Labute approximate surface area is 102 Å². The third kappa shape index (κ3) is 2.89. The topological polar surface area (TPSA) is 76.2 Å². The van der Waals surface area contributed by atoms with E-state index >= 15 is 0 Å². The van der Waals surface area contributed by atoms with E-state index in [-0.39, 0.29) is 5.91 Å². The van der Waals surface area contributed by atoms with E-state index in [2.05, 4.69) is 10.4 Å². The lowest BCUT2D eigenvalue weighted by Gasteiger charge is -2.19. The molecule has 0 unspecified atom stereocenters. The van der Waals surface area contributed by atoms with Crippen LogP contribution >= 0.6 is 0 Å². The highest BCUT2D eigenvalue weighted by Gasteiger charge is 2.16. The van der Waals surface area contributed by atoms with E-state index < -0.39 is 0 Å². The first-order valence-corrected chi connectivity index (χ1v) is 5.74. The van der Waals surface area contributed by atoms with Gasteiger partial charge in [0.1, 0.15) is 5.82 Å². The van der Waals surface area contributed by atoms with E-state index in [9.17, 15) is 4.79 Å². The second kappa shape index (κ2) is 5.56. The fourth-order valence-electron chi connectivity index (χ4n) is 1.80. The summed E-state index contributed by atoms with van der Waals surface area (Å²) in [4.78, 5) is 13.1. The number of aromatic nitrogens is 2. The molecule has 1 aromatic rings. The lowest BCUT2D eigenvalue weighted by atomic mass is 10.3. The van der Waals surface area contributed by atoms with E-state index in [1.165, 1.54) is 0 Å². The molecule has 0 atom stereocenters. The zero-order valence-corrected chi connectivity index (χ0v) is 10.9. The van der Waals surface area contributed by atoms with Crippen LogP contribution < -0.4 is 16.0 Å². The van der Waals surface area contributed by atoms with Crippen LogP contribution in [0.1, 0.15) is 19.0 Å². The Morgan fingerprint density at radius 3 is 2.71 bits per heavy atom. The maximum atomic E-state index is 11.2. The molecule has 0 saturated heterocycles. The van der Waals surface area contributed by atoms with Crippen LogP contribution in [0, 0.1) is 0 Å². The molecule has 1 heterocycles. The molecule has 0 bridgehead atoms. The minimum Gasteiger partial charge on any atom is -0.394 e. The summed E-state index contributed by atoms with van der Waals surface area (Å²) < 4.78 is 1.76. The smallest absolute Gasteiger partial charge is 0.221 e. The third-order valence-corrected chi connectivity index (χ3v) is 2.78. The number of aryl methyl sites for hydroxylation is 2. The van der Waals surface area contributed by atoms with Gasteiger partial charge < -0.3 is 16.0 Å². The van der Waals surface area contributed by atoms with Crippen molar-refractivity contribution in [1.82, 2.24) is 15.1 Å². The van der Waals surface area contributed by atoms with E-state index in [4.69, 9.17) is 5.73 Å². The summed E-state index contributed by atoms with van der Waals surface area (Å²) >= 11 is 0.